The van der Waals surface area contributed by atoms with E-state index in [9.17, 15) is 0 Å². The zero-order chi connectivity index (χ0) is 13.5. The highest BCUT2D eigenvalue weighted by atomic mass is 15.1. The summed E-state index contributed by atoms with van der Waals surface area (Å²) < 4.78 is 0. The average molecular weight is 242 g/mol. The van der Waals surface area contributed by atoms with Gasteiger partial charge in [-0.2, -0.15) is 0 Å². The van der Waals surface area contributed by atoms with E-state index >= 15 is 0 Å². The molecule has 1 N–H and O–H groups in total. The van der Waals surface area contributed by atoms with Crippen LogP contribution in [-0.2, 0) is 0 Å². The molecule has 0 saturated carbocycles. The second-order valence-corrected chi connectivity index (χ2v) is 6.24. The first-order chi connectivity index (χ1) is 7.86. The molecule has 0 radical (unpaired) electrons. The summed E-state index contributed by atoms with van der Waals surface area (Å²) in [6.45, 7) is 17.2. The second kappa shape index (κ2) is 8.10. The molecule has 2 heteroatoms. The summed E-state index contributed by atoms with van der Waals surface area (Å²) in [4.78, 5) is 2.53. The highest BCUT2D eigenvalue weighted by Gasteiger charge is 2.27. The van der Waals surface area contributed by atoms with E-state index in [-0.39, 0.29) is 0 Å². The van der Waals surface area contributed by atoms with Crippen molar-refractivity contribution in [1.29, 1.82) is 0 Å². The summed E-state index contributed by atoms with van der Waals surface area (Å²) in [5.74, 6) is 0.727. The lowest BCUT2D eigenvalue weighted by molar-refractivity contribution is 0.121. The summed E-state index contributed by atoms with van der Waals surface area (Å²) in [6, 6.07) is 0.660. The third kappa shape index (κ3) is 6.42. The molecule has 0 heterocycles. The zero-order valence-corrected chi connectivity index (χ0v) is 13.1. The number of rotatable bonds is 9. The Morgan fingerprint density at radius 2 is 1.76 bits per heavy atom. The van der Waals surface area contributed by atoms with Crippen molar-refractivity contribution in [1.82, 2.24) is 10.2 Å². The van der Waals surface area contributed by atoms with Gasteiger partial charge in [-0.25, -0.2) is 0 Å². The van der Waals surface area contributed by atoms with Crippen LogP contribution < -0.4 is 5.32 Å². The molecule has 104 valence electrons. The van der Waals surface area contributed by atoms with Gasteiger partial charge >= 0.3 is 0 Å². The number of nitrogens with one attached hydrogen (secondary N) is 1. The van der Waals surface area contributed by atoms with Gasteiger partial charge in [0.2, 0.25) is 0 Å². The summed E-state index contributed by atoms with van der Waals surface area (Å²) in [7, 11) is 2.27. The van der Waals surface area contributed by atoms with Gasteiger partial charge in [0.15, 0.2) is 0 Å². The fourth-order valence-corrected chi connectivity index (χ4v) is 2.51. The maximum atomic E-state index is 3.52. The van der Waals surface area contributed by atoms with Crippen LogP contribution in [0.5, 0.6) is 0 Å². The lowest BCUT2D eigenvalue weighted by Gasteiger charge is -2.38. The summed E-state index contributed by atoms with van der Waals surface area (Å²) in [6.07, 6.45) is 2.57. The molecular formula is C15H34N2. The summed E-state index contributed by atoms with van der Waals surface area (Å²) in [5.41, 5.74) is 0.405. The number of hydrogen-bond donors (Lipinski definition) is 1. The smallest absolute Gasteiger partial charge is 0.00871 e. The molecule has 0 fully saturated rings. The Kier molecular flexibility index (Phi) is 8.06. The Labute approximate surface area is 109 Å². The van der Waals surface area contributed by atoms with Gasteiger partial charge in [-0.05, 0) is 38.3 Å². The van der Waals surface area contributed by atoms with Gasteiger partial charge in [-0.15, -0.1) is 0 Å². The molecule has 0 amide bonds. The van der Waals surface area contributed by atoms with E-state index in [1.165, 1.54) is 19.4 Å². The van der Waals surface area contributed by atoms with Crippen LogP contribution in [0.15, 0.2) is 0 Å². The molecule has 0 rings (SSSR count). The molecular weight excluding hydrogens is 208 g/mol. The van der Waals surface area contributed by atoms with Crippen LogP contribution in [0, 0.1) is 11.3 Å². The molecule has 0 aromatic rings. The Morgan fingerprint density at radius 3 is 2.18 bits per heavy atom. The third-order valence-corrected chi connectivity index (χ3v) is 3.95. The monoisotopic (exact) mass is 242 g/mol. The van der Waals surface area contributed by atoms with Gasteiger partial charge in [-0.3, -0.25) is 0 Å². The average Bonchev–Trinajstić information content (AvgIpc) is 2.25. The normalized spacial score (nSPS) is 17.5. The molecule has 2 unspecified atom stereocenters. The molecule has 0 saturated heterocycles. The summed E-state index contributed by atoms with van der Waals surface area (Å²) in [5, 5.41) is 3.52. The van der Waals surface area contributed by atoms with Crippen molar-refractivity contribution in [3.05, 3.63) is 0 Å². The molecule has 0 spiro atoms. The van der Waals surface area contributed by atoms with Crippen LogP contribution in [0.2, 0.25) is 0 Å². The lowest BCUT2D eigenvalue weighted by atomic mass is 9.84. The lowest BCUT2D eigenvalue weighted by Crippen LogP contribution is -2.45. The highest BCUT2D eigenvalue weighted by molar-refractivity contribution is 4.82. The molecule has 0 bridgehead atoms. The predicted octanol–water partition coefficient (Wildman–Crippen LogP) is 3.38. The van der Waals surface area contributed by atoms with E-state index in [1.807, 2.05) is 0 Å². The summed E-state index contributed by atoms with van der Waals surface area (Å²) >= 11 is 0. The molecule has 0 aliphatic carbocycles. The maximum absolute atomic E-state index is 3.52. The van der Waals surface area contributed by atoms with Crippen LogP contribution in [0.25, 0.3) is 0 Å². The van der Waals surface area contributed by atoms with Crippen LogP contribution in [0.1, 0.15) is 54.4 Å². The van der Waals surface area contributed by atoms with Crippen LogP contribution in [-0.4, -0.2) is 37.6 Å². The Balaban J connectivity index is 4.41. The minimum atomic E-state index is 0.405. The topological polar surface area (TPSA) is 15.3 Å². The fraction of sp³-hybridized carbons (Fsp3) is 1.00. The standard InChI is InChI=1S/C15H34N2/c1-8-10-15(6,11-16-9-2)12-17(7)14(5)13(3)4/h13-14,16H,8-12H2,1-7H3. The predicted molar refractivity (Wildman–Crippen MR) is 78.5 cm³/mol. The van der Waals surface area contributed by atoms with Gasteiger partial charge in [0.1, 0.15) is 0 Å². The first-order valence-corrected chi connectivity index (χ1v) is 7.27. The molecule has 0 aromatic carbocycles. The Morgan fingerprint density at radius 1 is 1.18 bits per heavy atom. The van der Waals surface area contributed by atoms with E-state index in [0.29, 0.717) is 11.5 Å². The van der Waals surface area contributed by atoms with Gasteiger partial charge in [0.05, 0.1) is 0 Å². The SMILES string of the molecule is CCCC(C)(CNCC)CN(C)C(C)C(C)C. The fourth-order valence-electron chi connectivity index (χ4n) is 2.51. The van der Waals surface area contributed by atoms with Gasteiger partial charge in [0.25, 0.3) is 0 Å². The molecule has 0 aromatic heterocycles. The molecule has 2 atom stereocenters. The van der Waals surface area contributed by atoms with Crippen molar-refractivity contribution in [2.24, 2.45) is 11.3 Å². The Bertz CT molecular complexity index is 191. The van der Waals surface area contributed by atoms with Gasteiger partial charge < -0.3 is 10.2 Å². The van der Waals surface area contributed by atoms with E-state index in [2.05, 4.69) is 58.8 Å². The van der Waals surface area contributed by atoms with E-state index in [0.717, 1.165) is 19.0 Å². The van der Waals surface area contributed by atoms with Crippen molar-refractivity contribution >= 4 is 0 Å². The van der Waals surface area contributed by atoms with Crippen molar-refractivity contribution in [3.63, 3.8) is 0 Å². The van der Waals surface area contributed by atoms with Crippen LogP contribution in [0.4, 0.5) is 0 Å². The van der Waals surface area contributed by atoms with Gasteiger partial charge in [-0.1, -0.05) is 41.0 Å². The zero-order valence-electron chi connectivity index (χ0n) is 13.1. The molecule has 2 nitrogen and oxygen atoms in total. The van der Waals surface area contributed by atoms with Crippen LogP contribution in [0.3, 0.4) is 0 Å². The van der Waals surface area contributed by atoms with E-state index in [4.69, 9.17) is 0 Å². The molecule has 0 aliphatic rings. The number of hydrogen-bond acceptors (Lipinski definition) is 2. The quantitative estimate of drug-likeness (QED) is 0.667. The number of nitrogens with zero attached hydrogens (tertiary/aromatic N) is 1. The van der Waals surface area contributed by atoms with E-state index < -0.39 is 0 Å². The van der Waals surface area contributed by atoms with E-state index in [1.54, 1.807) is 0 Å². The Hall–Kier alpha value is -0.0800. The van der Waals surface area contributed by atoms with Crippen molar-refractivity contribution in [2.45, 2.75) is 60.4 Å². The first kappa shape index (κ1) is 16.9. The first-order valence-electron chi connectivity index (χ1n) is 7.27. The van der Waals surface area contributed by atoms with Crippen molar-refractivity contribution in [3.8, 4) is 0 Å². The second-order valence-electron chi connectivity index (χ2n) is 6.24. The van der Waals surface area contributed by atoms with Crippen molar-refractivity contribution in [2.75, 3.05) is 26.7 Å². The highest BCUT2D eigenvalue weighted by Crippen LogP contribution is 2.25. The third-order valence-electron chi connectivity index (χ3n) is 3.95. The van der Waals surface area contributed by atoms with Crippen LogP contribution >= 0.6 is 0 Å². The molecule has 0 aliphatic heterocycles. The van der Waals surface area contributed by atoms with Gasteiger partial charge in [0, 0.05) is 19.1 Å². The minimum absolute atomic E-state index is 0.405. The molecule has 17 heavy (non-hydrogen) atoms. The minimum Gasteiger partial charge on any atom is -0.316 e. The maximum Gasteiger partial charge on any atom is 0.00871 e. The largest absolute Gasteiger partial charge is 0.316 e. The van der Waals surface area contributed by atoms with Crippen molar-refractivity contribution < 1.29 is 0 Å².